The number of ether oxygens (including phenoxy) is 1. The van der Waals surface area contributed by atoms with Crippen LogP contribution in [-0.4, -0.2) is 51.3 Å². The molecule has 0 spiro atoms. The monoisotopic (exact) mass is 767 g/mol. The Morgan fingerprint density at radius 2 is 1.83 bits per heavy atom. The van der Waals surface area contributed by atoms with Crippen LogP contribution >= 0.6 is 0 Å². The van der Waals surface area contributed by atoms with E-state index in [2.05, 4.69) is 50.8 Å². The quantitative estimate of drug-likeness (QED) is 0.130. The van der Waals surface area contributed by atoms with Crippen LogP contribution in [-0.2, 0) is 21.3 Å². The third-order valence-electron chi connectivity index (χ3n) is 11.5. The number of hydrogen-bond donors (Lipinski definition) is 2. The number of carbonyl (C=O) groups is 1. The number of fused-ring (bicyclic) bond motifs is 9. The van der Waals surface area contributed by atoms with Gasteiger partial charge in [0.05, 0.1) is 23.1 Å². The lowest BCUT2D eigenvalue weighted by molar-refractivity contribution is -0.0507. The van der Waals surface area contributed by atoms with E-state index in [1.807, 2.05) is 43.5 Å². The first-order chi connectivity index (χ1) is 24.6. The standard InChI is InChI=1S/C39H48F3N5O4SSi/c1-36(2,3)52(49)46-39(19-38(7,20-39)21-50-53(8,9)37(4,5)6)32-25(40)15-23(18-43-32)22-13-14-26-28(16-22)47-29-17-27(33(47)44-26)45-34(48)24-11-10-12-30(31(24)29)51-35(41)42/h10-16,18,27,29,35,46H,17,19-21H2,1-9H3,(H,45,48)/t27-,29-,38?,39?,52?/m1/s1. The SMILES string of the molecule is CC1(CO[Si](C)(C)C(C)(C)C)CC(N[S+]([O-])C(C)(C)C)(c2ncc(-c3ccc4nc5n(c4c3)[C@@H]3C[C@H]5NC(=O)c4cccc(OC(F)F)c43)cc2F)C1. The predicted molar refractivity (Wildman–Crippen MR) is 202 cm³/mol. The summed E-state index contributed by atoms with van der Waals surface area (Å²) in [6.07, 6.45) is 3.07. The zero-order chi connectivity index (χ0) is 38.5. The van der Waals surface area contributed by atoms with Gasteiger partial charge in [-0.3, -0.25) is 9.78 Å². The molecule has 2 bridgehead atoms. The molecule has 1 saturated carbocycles. The molecule has 3 aliphatic rings. The van der Waals surface area contributed by atoms with Crippen molar-refractivity contribution in [2.24, 2.45) is 5.41 Å². The molecule has 7 rings (SSSR count). The highest BCUT2D eigenvalue weighted by Crippen LogP contribution is 2.56. The summed E-state index contributed by atoms with van der Waals surface area (Å²) in [5.74, 6) is -0.330. The van der Waals surface area contributed by atoms with E-state index in [9.17, 15) is 18.1 Å². The molecule has 4 aromatic rings. The van der Waals surface area contributed by atoms with E-state index >= 15 is 4.39 Å². The number of benzene rings is 2. The molecular weight excluding hydrogens is 720 g/mol. The molecule has 1 amide bonds. The van der Waals surface area contributed by atoms with E-state index in [0.29, 0.717) is 59.4 Å². The lowest BCUT2D eigenvalue weighted by atomic mass is 9.57. The first kappa shape index (κ1) is 37.9. The second kappa shape index (κ2) is 12.8. The van der Waals surface area contributed by atoms with Gasteiger partial charge in [-0.2, -0.15) is 8.78 Å². The summed E-state index contributed by atoms with van der Waals surface area (Å²) >= 11 is -1.49. The average molecular weight is 768 g/mol. The second-order valence-electron chi connectivity index (χ2n) is 17.7. The lowest BCUT2D eigenvalue weighted by Gasteiger charge is -2.55. The summed E-state index contributed by atoms with van der Waals surface area (Å²) in [6, 6.07) is 10.7. The average Bonchev–Trinajstić information content (AvgIpc) is 3.53. The molecule has 9 nitrogen and oxygen atoms in total. The second-order valence-corrected chi connectivity index (χ2v) is 24.5. The summed E-state index contributed by atoms with van der Waals surface area (Å²) in [7, 11) is -2.03. The number of nitrogens with zero attached hydrogens (tertiary/aromatic N) is 3. The van der Waals surface area contributed by atoms with E-state index in [-0.39, 0.29) is 33.4 Å². The van der Waals surface area contributed by atoms with Crippen molar-refractivity contribution in [2.75, 3.05) is 6.61 Å². The number of aromatic nitrogens is 3. The Balaban J connectivity index is 1.23. The molecule has 2 aliphatic heterocycles. The fourth-order valence-corrected chi connectivity index (χ4v) is 9.88. The molecule has 0 saturated heterocycles. The van der Waals surface area contributed by atoms with Crippen LogP contribution in [0.4, 0.5) is 13.2 Å². The molecule has 3 atom stereocenters. The van der Waals surface area contributed by atoms with Crippen LogP contribution in [0.3, 0.4) is 0 Å². The van der Waals surface area contributed by atoms with Crippen molar-refractivity contribution in [2.45, 2.75) is 115 Å². The molecule has 53 heavy (non-hydrogen) atoms. The molecule has 1 fully saturated rings. The lowest BCUT2D eigenvalue weighted by Crippen LogP contribution is -2.63. The number of halogens is 3. The van der Waals surface area contributed by atoms with Gasteiger partial charge in [0.2, 0.25) is 0 Å². The number of imidazole rings is 1. The topological polar surface area (TPSA) is 113 Å². The molecular formula is C39H48F3N5O4SSi. The van der Waals surface area contributed by atoms with Crippen LogP contribution in [0.15, 0.2) is 48.7 Å². The maximum atomic E-state index is 16.5. The van der Waals surface area contributed by atoms with Crippen LogP contribution in [0.2, 0.25) is 18.1 Å². The van der Waals surface area contributed by atoms with E-state index in [1.54, 1.807) is 12.3 Å². The highest BCUT2D eigenvalue weighted by molar-refractivity contribution is 7.90. The minimum atomic E-state index is -3.06. The van der Waals surface area contributed by atoms with Gasteiger partial charge in [0.25, 0.3) is 5.91 Å². The van der Waals surface area contributed by atoms with Gasteiger partial charge in [0.15, 0.2) is 8.32 Å². The Labute approximate surface area is 312 Å². The molecule has 4 heterocycles. The minimum absolute atomic E-state index is 0.0456. The van der Waals surface area contributed by atoms with Gasteiger partial charge in [-0.25, -0.2) is 9.37 Å². The minimum Gasteiger partial charge on any atom is -0.598 e. The van der Waals surface area contributed by atoms with E-state index in [1.165, 1.54) is 18.2 Å². The number of amides is 1. The van der Waals surface area contributed by atoms with Gasteiger partial charge < -0.3 is 23.6 Å². The number of carbonyl (C=O) groups excluding carboxylic acids is 1. The molecule has 2 aromatic carbocycles. The fraction of sp³-hybridized carbons (Fsp3) is 0.513. The highest BCUT2D eigenvalue weighted by atomic mass is 32.2. The maximum Gasteiger partial charge on any atom is 0.387 e. The molecule has 284 valence electrons. The number of hydrogen-bond acceptors (Lipinski definition) is 7. The van der Waals surface area contributed by atoms with Crippen molar-refractivity contribution in [3.63, 3.8) is 0 Å². The van der Waals surface area contributed by atoms with Gasteiger partial charge in [-0.15, -0.1) is 4.72 Å². The molecule has 1 aliphatic carbocycles. The number of nitrogens with one attached hydrogen (secondary N) is 2. The van der Waals surface area contributed by atoms with Crippen molar-refractivity contribution in [1.29, 1.82) is 0 Å². The number of alkyl halides is 2. The van der Waals surface area contributed by atoms with Crippen molar-refractivity contribution in [3.05, 3.63) is 77.1 Å². The number of rotatable bonds is 9. The Hall–Kier alpha value is -3.43. The summed E-state index contributed by atoms with van der Waals surface area (Å²) in [6.45, 7) is 16.3. The summed E-state index contributed by atoms with van der Waals surface area (Å²) in [5.41, 5.74) is 2.23. The van der Waals surface area contributed by atoms with E-state index < -0.39 is 54.5 Å². The Morgan fingerprint density at radius 3 is 2.47 bits per heavy atom. The van der Waals surface area contributed by atoms with E-state index in [4.69, 9.17) is 19.1 Å². The van der Waals surface area contributed by atoms with Crippen molar-refractivity contribution < 1.29 is 31.7 Å². The molecule has 1 unspecified atom stereocenters. The molecule has 0 radical (unpaired) electrons. The van der Waals surface area contributed by atoms with Gasteiger partial charge in [-0.05, 0) is 99.5 Å². The Morgan fingerprint density at radius 1 is 1.11 bits per heavy atom. The van der Waals surface area contributed by atoms with Crippen LogP contribution < -0.4 is 14.8 Å². The number of pyridine rings is 1. The Bertz CT molecular complexity index is 2090. The van der Waals surface area contributed by atoms with Gasteiger partial charge in [-0.1, -0.05) is 39.8 Å². The Kier molecular flexibility index (Phi) is 9.16. The van der Waals surface area contributed by atoms with Crippen LogP contribution in [0, 0.1) is 11.2 Å². The first-order valence-electron chi connectivity index (χ1n) is 18.0. The predicted octanol–water partition coefficient (Wildman–Crippen LogP) is 8.69. The fourth-order valence-electron chi connectivity index (χ4n) is 7.83. The van der Waals surface area contributed by atoms with Gasteiger partial charge in [0, 0.05) is 40.9 Å². The van der Waals surface area contributed by atoms with Crippen LogP contribution in [0.1, 0.15) is 107 Å². The normalized spacial score (nSPS) is 24.8. The zero-order valence-corrected chi connectivity index (χ0v) is 33.5. The van der Waals surface area contributed by atoms with Crippen molar-refractivity contribution in [3.8, 4) is 16.9 Å². The van der Waals surface area contributed by atoms with Crippen molar-refractivity contribution >= 4 is 36.6 Å². The summed E-state index contributed by atoms with van der Waals surface area (Å²) in [4.78, 5) is 22.7. The molecule has 2 N–H and O–H groups in total. The largest absolute Gasteiger partial charge is 0.598 e. The van der Waals surface area contributed by atoms with Crippen LogP contribution in [0.5, 0.6) is 5.75 Å². The first-order valence-corrected chi connectivity index (χ1v) is 22.1. The smallest absolute Gasteiger partial charge is 0.387 e. The summed E-state index contributed by atoms with van der Waals surface area (Å²) < 4.78 is 73.1. The van der Waals surface area contributed by atoms with Gasteiger partial charge in [0.1, 0.15) is 33.4 Å². The molecule has 2 aromatic heterocycles. The van der Waals surface area contributed by atoms with Gasteiger partial charge >= 0.3 is 6.61 Å². The van der Waals surface area contributed by atoms with E-state index in [0.717, 1.165) is 0 Å². The zero-order valence-electron chi connectivity index (χ0n) is 31.7. The van der Waals surface area contributed by atoms with Crippen molar-refractivity contribution in [1.82, 2.24) is 24.6 Å². The summed E-state index contributed by atoms with van der Waals surface area (Å²) in [5, 5.41) is 3.05. The maximum absolute atomic E-state index is 16.5. The third-order valence-corrected chi connectivity index (χ3v) is 17.6. The van der Waals surface area contributed by atoms with Crippen LogP contribution in [0.25, 0.3) is 22.2 Å². The third kappa shape index (κ3) is 6.68. The molecule has 14 heteroatoms. The highest BCUT2D eigenvalue weighted by Gasteiger charge is 2.59.